The van der Waals surface area contributed by atoms with Gasteiger partial charge in [0.2, 0.25) is 5.89 Å². The summed E-state index contributed by atoms with van der Waals surface area (Å²) in [6, 6.07) is 17.2. The summed E-state index contributed by atoms with van der Waals surface area (Å²) in [7, 11) is 0. The van der Waals surface area contributed by atoms with Gasteiger partial charge in [0.05, 0.1) is 5.52 Å². The molecule has 0 radical (unpaired) electrons. The zero-order chi connectivity index (χ0) is 17.2. The minimum atomic E-state index is 0.460. The molecule has 4 rings (SSSR count). The standard InChI is InChI=1S/C18H11Cl2N3OS/c19-14-7-5-11(6-8-14)17-22-23-18(24-17)25-10-13-9-12-3-1-2-4-15(12)21-16(13)20/h1-9H,10H2. The number of hydrogen-bond donors (Lipinski definition) is 0. The zero-order valence-corrected chi connectivity index (χ0v) is 15.1. The first kappa shape index (κ1) is 16.4. The molecule has 0 atom stereocenters. The van der Waals surface area contributed by atoms with E-state index in [2.05, 4.69) is 15.2 Å². The third-order valence-corrected chi connectivity index (χ3v) is 5.05. The Hall–Kier alpha value is -2.08. The van der Waals surface area contributed by atoms with Crippen molar-refractivity contribution in [3.63, 3.8) is 0 Å². The number of rotatable bonds is 4. The first-order valence-electron chi connectivity index (χ1n) is 7.45. The summed E-state index contributed by atoms with van der Waals surface area (Å²) >= 11 is 13.6. The van der Waals surface area contributed by atoms with E-state index in [1.807, 2.05) is 42.5 Å². The summed E-state index contributed by atoms with van der Waals surface area (Å²) in [6.07, 6.45) is 0. The van der Waals surface area contributed by atoms with E-state index in [1.54, 1.807) is 12.1 Å². The van der Waals surface area contributed by atoms with Gasteiger partial charge in [-0.1, -0.05) is 53.2 Å². The van der Waals surface area contributed by atoms with Crippen molar-refractivity contribution in [2.45, 2.75) is 11.0 Å². The lowest BCUT2D eigenvalue weighted by Crippen LogP contribution is -1.88. The van der Waals surface area contributed by atoms with E-state index >= 15 is 0 Å². The molecule has 0 unspecified atom stereocenters. The average molecular weight is 388 g/mol. The van der Waals surface area contributed by atoms with Crippen molar-refractivity contribution in [2.24, 2.45) is 0 Å². The zero-order valence-electron chi connectivity index (χ0n) is 12.8. The average Bonchev–Trinajstić information content (AvgIpc) is 3.09. The lowest BCUT2D eigenvalue weighted by atomic mass is 10.2. The third-order valence-electron chi connectivity index (χ3n) is 3.60. The van der Waals surface area contributed by atoms with Crippen LogP contribution in [-0.2, 0) is 5.75 Å². The maximum atomic E-state index is 6.28. The fraction of sp³-hybridized carbons (Fsp3) is 0.0556. The smallest absolute Gasteiger partial charge is 0.277 e. The van der Waals surface area contributed by atoms with Crippen LogP contribution in [0.15, 0.2) is 64.2 Å². The highest BCUT2D eigenvalue weighted by molar-refractivity contribution is 7.98. The summed E-state index contributed by atoms with van der Waals surface area (Å²) in [5.74, 6) is 1.06. The number of para-hydroxylation sites is 1. The van der Waals surface area contributed by atoms with E-state index in [0.717, 1.165) is 22.0 Å². The molecule has 0 N–H and O–H groups in total. The van der Waals surface area contributed by atoms with Crippen molar-refractivity contribution in [1.29, 1.82) is 0 Å². The molecule has 2 heterocycles. The number of pyridine rings is 1. The second-order valence-corrected chi connectivity index (χ2v) is 7.02. The maximum Gasteiger partial charge on any atom is 0.277 e. The van der Waals surface area contributed by atoms with Crippen LogP contribution in [0.25, 0.3) is 22.4 Å². The van der Waals surface area contributed by atoms with Gasteiger partial charge in [-0.2, -0.15) is 0 Å². The predicted octanol–water partition coefficient (Wildman–Crippen LogP) is 5.88. The summed E-state index contributed by atoms with van der Waals surface area (Å²) in [5, 5.41) is 10.8. The van der Waals surface area contributed by atoms with Gasteiger partial charge in [0.1, 0.15) is 5.15 Å². The second kappa shape index (κ2) is 7.04. The van der Waals surface area contributed by atoms with E-state index in [4.69, 9.17) is 27.6 Å². The van der Waals surface area contributed by atoms with Crippen molar-refractivity contribution in [3.05, 3.63) is 70.3 Å². The molecule has 4 aromatic rings. The van der Waals surface area contributed by atoms with Crippen LogP contribution < -0.4 is 0 Å². The van der Waals surface area contributed by atoms with E-state index in [0.29, 0.717) is 27.0 Å². The minimum absolute atomic E-state index is 0.460. The fourth-order valence-corrected chi connectivity index (χ4v) is 3.51. The van der Waals surface area contributed by atoms with E-state index in [1.165, 1.54) is 11.8 Å². The van der Waals surface area contributed by atoms with Gasteiger partial charge < -0.3 is 4.42 Å². The molecule has 2 aromatic carbocycles. The highest BCUT2D eigenvalue weighted by Crippen LogP contribution is 2.29. The Bertz CT molecular complexity index is 1030. The number of fused-ring (bicyclic) bond motifs is 1. The lowest BCUT2D eigenvalue weighted by Gasteiger charge is -2.04. The molecule has 0 aliphatic heterocycles. The molecule has 0 aliphatic rings. The van der Waals surface area contributed by atoms with Crippen LogP contribution in [0, 0.1) is 0 Å². The molecule has 0 amide bonds. The Labute approximate surface area is 158 Å². The first-order chi connectivity index (χ1) is 12.2. The van der Waals surface area contributed by atoms with Crippen molar-refractivity contribution >= 4 is 45.9 Å². The molecule has 0 bridgehead atoms. The van der Waals surface area contributed by atoms with E-state index in [9.17, 15) is 0 Å². The van der Waals surface area contributed by atoms with Crippen LogP contribution in [-0.4, -0.2) is 15.2 Å². The van der Waals surface area contributed by atoms with Crippen molar-refractivity contribution in [2.75, 3.05) is 0 Å². The van der Waals surface area contributed by atoms with Crippen molar-refractivity contribution in [1.82, 2.24) is 15.2 Å². The highest BCUT2D eigenvalue weighted by atomic mass is 35.5. The van der Waals surface area contributed by atoms with Crippen LogP contribution in [0.5, 0.6) is 0 Å². The highest BCUT2D eigenvalue weighted by Gasteiger charge is 2.11. The molecule has 124 valence electrons. The Morgan fingerprint density at radius 1 is 0.960 bits per heavy atom. The summed E-state index contributed by atoms with van der Waals surface area (Å²) in [4.78, 5) is 4.42. The number of halogens is 2. The molecule has 7 heteroatoms. The Balaban J connectivity index is 1.52. The maximum absolute atomic E-state index is 6.28. The molecule has 0 saturated carbocycles. The first-order valence-corrected chi connectivity index (χ1v) is 9.19. The van der Waals surface area contributed by atoms with Crippen molar-refractivity contribution in [3.8, 4) is 11.5 Å². The van der Waals surface area contributed by atoms with Crippen LogP contribution in [0.2, 0.25) is 10.2 Å². The number of benzene rings is 2. The molecule has 2 aromatic heterocycles. The van der Waals surface area contributed by atoms with Gasteiger partial charge in [-0.05, 0) is 36.4 Å². The molecule has 0 saturated heterocycles. The largest absolute Gasteiger partial charge is 0.411 e. The number of thioether (sulfide) groups is 1. The third kappa shape index (κ3) is 3.63. The quantitative estimate of drug-likeness (QED) is 0.323. The monoisotopic (exact) mass is 387 g/mol. The molecular formula is C18H11Cl2N3OS. The van der Waals surface area contributed by atoms with Gasteiger partial charge in [-0.15, -0.1) is 10.2 Å². The van der Waals surface area contributed by atoms with Crippen LogP contribution in [0.3, 0.4) is 0 Å². The molecule has 0 aliphatic carbocycles. The lowest BCUT2D eigenvalue weighted by molar-refractivity contribution is 0.466. The van der Waals surface area contributed by atoms with E-state index < -0.39 is 0 Å². The van der Waals surface area contributed by atoms with Gasteiger partial charge in [-0.25, -0.2) is 4.98 Å². The van der Waals surface area contributed by atoms with Gasteiger partial charge in [-0.3, -0.25) is 0 Å². The summed E-state index contributed by atoms with van der Waals surface area (Å²) in [5.41, 5.74) is 2.63. The van der Waals surface area contributed by atoms with Gasteiger partial charge in [0.15, 0.2) is 0 Å². The molecule has 4 nitrogen and oxygen atoms in total. The SMILES string of the molecule is Clc1ccc(-c2nnc(SCc3cc4ccccc4nc3Cl)o2)cc1. The second-order valence-electron chi connectivity index (χ2n) is 5.30. The number of hydrogen-bond acceptors (Lipinski definition) is 5. The summed E-state index contributed by atoms with van der Waals surface area (Å²) < 4.78 is 5.69. The normalized spacial score (nSPS) is 11.1. The summed E-state index contributed by atoms with van der Waals surface area (Å²) in [6.45, 7) is 0. The minimum Gasteiger partial charge on any atom is -0.411 e. The Kier molecular flexibility index (Phi) is 4.61. The molecular weight excluding hydrogens is 377 g/mol. The van der Waals surface area contributed by atoms with Gasteiger partial charge >= 0.3 is 0 Å². The molecule has 0 spiro atoms. The molecule has 0 fully saturated rings. The fourth-order valence-electron chi connectivity index (χ4n) is 2.35. The number of aromatic nitrogens is 3. The van der Waals surface area contributed by atoms with Gasteiger partial charge in [0, 0.05) is 27.3 Å². The Morgan fingerprint density at radius 3 is 2.60 bits per heavy atom. The Morgan fingerprint density at radius 2 is 1.76 bits per heavy atom. The van der Waals surface area contributed by atoms with E-state index in [-0.39, 0.29) is 0 Å². The molecule has 25 heavy (non-hydrogen) atoms. The van der Waals surface area contributed by atoms with Gasteiger partial charge in [0.25, 0.3) is 5.22 Å². The number of nitrogens with zero attached hydrogens (tertiary/aromatic N) is 3. The predicted molar refractivity (Wildman–Crippen MR) is 101 cm³/mol. The van der Waals surface area contributed by atoms with Crippen LogP contribution in [0.4, 0.5) is 0 Å². The van der Waals surface area contributed by atoms with Crippen LogP contribution >= 0.6 is 35.0 Å². The van der Waals surface area contributed by atoms with Crippen molar-refractivity contribution < 1.29 is 4.42 Å². The van der Waals surface area contributed by atoms with Crippen LogP contribution in [0.1, 0.15) is 5.56 Å². The topological polar surface area (TPSA) is 51.8 Å².